The number of non-ortho nitro benzene ring substituents is 1. The van der Waals surface area contributed by atoms with Gasteiger partial charge in [0.15, 0.2) is 0 Å². The molecule has 0 amide bonds. The van der Waals surface area contributed by atoms with Crippen molar-refractivity contribution in [2.45, 2.75) is 6.54 Å². The summed E-state index contributed by atoms with van der Waals surface area (Å²) in [6, 6.07) is 13.3. The molecule has 0 saturated heterocycles. The van der Waals surface area contributed by atoms with Gasteiger partial charge in [0, 0.05) is 18.7 Å². The third kappa shape index (κ3) is 3.26. The molecule has 1 aromatic carbocycles. The molecule has 0 fully saturated rings. The highest BCUT2D eigenvalue weighted by Gasteiger charge is 2.04. The Bertz CT molecular complexity index is 632. The molecule has 0 bridgehead atoms. The maximum atomic E-state index is 10.5. The van der Waals surface area contributed by atoms with Crippen molar-refractivity contribution in [2.24, 2.45) is 0 Å². The second-order valence-corrected chi connectivity index (χ2v) is 3.80. The zero-order valence-corrected chi connectivity index (χ0v) is 9.91. The number of rotatable bonds is 4. The van der Waals surface area contributed by atoms with Crippen molar-refractivity contribution in [3.05, 3.63) is 63.8 Å². The number of benzene rings is 1. The van der Waals surface area contributed by atoms with Crippen molar-refractivity contribution in [3.8, 4) is 6.07 Å². The summed E-state index contributed by atoms with van der Waals surface area (Å²) in [5, 5.41) is 22.3. The fraction of sp³-hybridized carbons (Fsp3) is 0.0769. The number of hydrogen-bond donors (Lipinski definition) is 1. The fourth-order valence-electron chi connectivity index (χ4n) is 1.52. The van der Waals surface area contributed by atoms with Gasteiger partial charge in [0.25, 0.3) is 5.69 Å². The van der Waals surface area contributed by atoms with Crippen LogP contribution in [0, 0.1) is 21.4 Å². The molecule has 94 valence electrons. The molecular formula is C13H10N4O2. The minimum Gasteiger partial charge on any atom is -0.366 e. The molecule has 1 heterocycles. The Morgan fingerprint density at radius 1 is 1.26 bits per heavy atom. The number of nitro benzene ring substituents is 1. The Labute approximate surface area is 109 Å². The normalized spacial score (nSPS) is 9.63. The predicted octanol–water partition coefficient (Wildman–Crippen LogP) is 2.47. The van der Waals surface area contributed by atoms with Gasteiger partial charge in [-0.1, -0.05) is 18.2 Å². The first-order valence-corrected chi connectivity index (χ1v) is 5.53. The summed E-state index contributed by atoms with van der Waals surface area (Å²) < 4.78 is 0. The van der Waals surface area contributed by atoms with Gasteiger partial charge in [0.1, 0.15) is 17.6 Å². The third-order valence-electron chi connectivity index (χ3n) is 2.48. The number of nitrogens with one attached hydrogen (secondary N) is 1. The summed E-state index contributed by atoms with van der Waals surface area (Å²) in [5.41, 5.74) is 1.30. The lowest BCUT2D eigenvalue weighted by Gasteiger charge is -2.05. The molecule has 2 rings (SSSR count). The first kappa shape index (κ1) is 12.5. The van der Waals surface area contributed by atoms with E-state index in [4.69, 9.17) is 5.26 Å². The highest BCUT2D eigenvalue weighted by atomic mass is 16.6. The van der Waals surface area contributed by atoms with E-state index in [1.165, 1.54) is 12.1 Å². The van der Waals surface area contributed by atoms with Crippen molar-refractivity contribution >= 4 is 11.5 Å². The van der Waals surface area contributed by atoms with E-state index in [0.717, 1.165) is 5.56 Å². The van der Waals surface area contributed by atoms with E-state index in [2.05, 4.69) is 10.3 Å². The van der Waals surface area contributed by atoms with Gasteiger partial charge in [-0.2, -0.15) is 5.26 Å². The van der Waals surface area contributed by atoms with Crippen LogP contribution in [-0.4, -0.2) is 9.91 Å². The van der Waals surface area contributed by atoms with E-state index in [0.29, 0.717) is 18.1 Å². The summed E-state index contributed by atoms with van der Waals surface area (Å²) in [4.78, 5) is 14.1. The van der Waals surface area contributed by atoms with E-state index in [9.17, 15) is 10.1 Å². The van der Waals surface area contributed by atoms with Crippen LogP contribution in [0.5, 0.6) is 0 Å². The number of pyridine rings is 1. The van der Waals surface area contributed by atoms with Gasteiger partial charge >= 0.3 is 0 Å². The lowest BCUT2D eigenvalue weighted by Crippen LogP contribution is -2.02. The van der Waals surface area contributed by atoms with E-state index < -0.39 is 4.92 Å². The van der Waals surface area contributed by atoms with Gasteiger partial charge in [-0.3, -0.25) is 10.1 Å². The molecular weight excluding hydrogens is 244 g/mol. The monoisotopic (exact) mass is 254 g/mol. The minimum absolute atomic E-state index is 0.0633. The fourth-order valence-corrected chi connectivity index (χ4v) is 1.52. The molecule has 0 aliphatic carbocycles. The molecule has 2 aromatic rings. The Morgan fingerprint density at radius 2 is 2.00 bits per heavy atom. The molecule has 0 aliphatic heterocycles. The molecule has 0 spiro atoms. The number of nitrogens with zero attached hydrogens (tertiary/aromatic N) is 3. The van der Waals surface area contributed by atoms with E-state index in [1.54, 1.807) is 30.3 Å². The summed E-state index contributed by atoms with van der Waals surface area (Å²) in [7, 11) is 0. The molecule has 0 unspecified atom stereocenters. The van der Waals surface area contributed by atoms with E-state index in [1.807, 2.05) is 6.07 Å². The van der Waals surface area contributed by atoms with Crippen LogP contribution in [0.25, 0.3) is 0 Å². The largest absolute Gasteiger partial charge is 0.366 e. The molecule has 1 N–H and O–H groups in total. The predicted molar refractivity (Wildman–Crippen MR) is 69.4 cm³/mol. The second-order valence-electron chi connectivity index (χ2n) is 3.80. The lowest BCUT2D eigenvalue weighted by atomic mass is 10.2. The Balaban J connectivity index is 2.02. The van der Waals surface area contributed by atoms with Crippen LogP contribution < -0.4 is 5.32 Å². The summed E-state index contributed by atoms with van der Waals surface area (Å²) in [5.74, 6) is 0.595. The van der Waals surface area contributed by atoms with Gasteiger partial charge in [0.05, 0.1) is 4.92 Å². The highest BCUT2D eigenvalue weighted by molar-refractivity contribution is 5.40. The SMILES string of the molecule is N#Cc1cccc(NCc2ccc([N+](=O)[O-])cc2)n1. The van der Waals surface area contributed by atoms with Crippen LogP contribution in [0.3, 0.4) is 0 Å². The van der Waals surface area contributed by atoms with Crippen molar-refractivity contribution in [1.29, 1.82) is 5.26 Å². The van der Waals surface area contributed by atoms with Crippen LogP contribution in [0.4, 0.5) is 11.5 Å². The number of anilines is 1. The topological polar surface area (TPSA) is 91.8 Å². The summed E-state index contributed by atoms with van der Waals surface area (Å²) in [6.45, 7) is 0.486. The van der Waals surface area contributed by atoms with Crippen molar-refractivity contribution in [1.82, 2.24) is 4.98 Å². The zero-order valence-electron chi connectivity index (χ0n) is 9.91. The average molecular weight is 254 g/mol. The molecule has 0 atom stereocenters. The van der Waals surface area contributed by atoms with Crippen molar-refractivity contribution in [2.75, 3.05) is 5.32 Å². The Morgan fingerprint density at radius 3 is 2.63 bits per heavy atom. The van der Waals surface area contributed by atoms with Crippen LogP contribution in [-0.2, 0) is 6.54 Å². The van der Waals surface area contributed by atoms with E-state index >= 15 is 0 Å². The Kier molecular flexibility index (Phi) is 3.69. The van der Waals surface area contributed by atoms with Gasteiger partial charge in [-0.15, -0.1) is 0 Å². The third-order valence-corrected chi connectivity index (χ3v) is 2.48. The highest BCUT2D eigenvalue weighted by Crippen LogP contribution is 2.13. The average Bonchev–Trinajstić information content (AvgIpc) is 2.46. The minimum atomic E-state index is -0.435. The maximum Gasteiger partial charge on any atom is 0.269 e. The van der Waals surface area contributed by atoms with Crippen LogP contribution in [0.15, 0.2) is 42.5 Å². The lowest BCUT2D eigenvalue weighted by molar-refractivity contribution is -0.384. The van der Waals surface area contributed by atoms with Gasteiger partial charge in [-0.05, 0) is 17.7 Å². The van der Waals surface area contributed by atoms with Crippen LogP contribution in [0.1, 0.15) is 11.3 Å². The van der Waals surface area contributed by atoms with Gasteiger partial charge in [-0.25, -0.2) is 4.98 Å². The first-order valence-electron chi connectivity index (χ1n) is 5.53. The maximum absolute atomic E-state index is 10.5. The van der Waals surface area contributed by atoms with E-state index in [-0.39, 0.29) is 5.69 Å². The molecule has 6 nitrogen and oxygen atoms in total. The quantitative estimate of drug-likeness (QED) is 0.668. The zero-order chi connectivity index (χ0) is 13.7. The number of nitriles is 1. The Hall–Kier alpha value is -2.94. The summed E-state index contributed by atoms with van der Waals surface area (Å²) in [6.07, 6.45) is 0. The van der Waals surface area contributed by atoms with Gasteiger partial charge < -0.3 is 5.32 Å². The van der Waals surface area contributed by atoms with Gasteiger partial charge in [0.2, 0.25) is 0 Å². The molecule has 0 saturated carbocycles. The smallest absolute Gasteiger partial charge is 0.269 e. The van der Waals surface area contributed by atoms with Crippen LogP contribution >= 0.6 is 0 Å². The summed E-state index contributed by atoms with van der Waals surface area (Å²) >= 11 is 0. The van der Waals surface area contributed by atoms with Crippen LogP contribution in [0.2, 0.25) is 0 Å². The molecule has 19 heavy (non-hydrogen) atoms. The molecule has 1 aromatic heterocycles. The van der Waals surface area contributed by atoms with Crippen molar-refractivity contribution < 1.29 is 4.92 Å². The molecule has 6 heteroatoms. The number of hydrogen-bond acceptors (Lipinski definition) is 5. The first-order chi connectivity index (χ1) is 9.19. The number of aromatic nitrogens is 1. The molecule has 0 aliphatic rings. The number of nitro groups is 1. The second kappa shape index (κ2) is 5.60. The standard InChI is InChI=1S/C13H10N4O2/c14-8-11-2-1-3-13(16-11)15-9-10-4-6-12(7-5-10)17(18)19/h1-7H,9H2,(H,15,16). The van der Waals surface area contributed by atoms with Crippen molar-refractivity contribution in [3.63, 3.8) is 0 Å². The molecule has 0 radical (unpaired) electrons.